The highest BCUT2D eigenvalue weighted by atomic mass is 19.4. The van der Waals surface area contributed by atoms with Crippen molar-refractivity contribution in [1.82, 2.24) is 4.90 Å². The minimum atomic E-state index is -4.09. The maximum Gasteiger partial charge on any atom is 0.394 e. The first kappa shape index (κ1) is 14.1. The molecule has 0 amide bonds. The lowest BCUT2D eigenvalue weighted by atomic mass is 9.90. The lowest BCUT2D eigenvalue weighted by molar-refractivity contribution is -0.212. The number of likely N-dealkylation sites (tertiary alicyclic amines) is 1. The Labute approximate surface area is 122 Å². The highest BCUT2D eigenvalue weighted by molar-refractivity contribution is 5.32. The molecular weight excluding hydrogens is 275 g/mol. The molecule has 0 N–H and O–H groups in total. The van der Waals surface area contributed by atoms with Crippen molar-refractivity contribution in [1.29, 1.82) is 0 Å². The number of nitrogens with zero attached hydrogens (tertiary/aromatic N) is 1. The van der Waals surface area contributed by atoms with E-state index in [0.717, 1.165) is 11.1 Å². The molecule has 21 heavy (non-hydrogen) atoms. The molecule has 1 saturated heterocycles. The fourth-order valence-corrected chi connectivity index (χ4v) is 2.82. The summed E-state index contributed by atoms with van der Waals surface area (Å²) in [4.78, 5) is 1.89. The fraction of sp³-hybridized carbons (Fsp3) is 0.294. The van der Waals surface area contributed by atoms with Crippen molar-refractivity contribution >= 4 is 0 Å². The zero-order chi connectivity index (χ0) is 14.9. The van der Waals surface area contributed by atoms with Crippen LogP contribution in [-0.4, -0.2) is 24.2 Å². The average Bonchev–Trinajstić information content (AvgIpc) is 2.42. The molecule has 3 rings (SSSR count). The summed E-state index contributed by atoms with van der Waals surface area (Å²) in [5.74, 6) is -1.20. The van der Waals surface area contributed by atoms with Crippen molar-refractivity contribution in [3.8, 4) is 0 Å². The second kappa shape index (κ2) is 5.53. The second-order valence-electron chi connectivity index (χ2n) is 5.42. The second-order valence-corrected chi connectivity index (χ2v) is 5.42. The lowest BCUT2D eigenvalue weighted by Gasteiger charge is -2.45. The third kappa shape index (κ3) is 2.95. The predicted octanol–water partition coefficient (Wildman–Crippen LogP) is 4.27. The molecule has 0 spiro atoms. The fourth-order valence-electron chi connectivity index (χ4n) is 2.82. The molecule has 0 saturated carbocycles. The van der Waals surface area contributed by atoms with Crippen LogP contribution in [0.4, 0.5) is 13.2 Å². The topological polar surface area (TPSA) is 3.24 Å². The van der Waals surface area contributed by atoms with Crippen LogP contribution in [0.3, 0.4) is 0 Å². The Bertz CT molecular complexity index is 534. The molecule has 4 heteroatoms. The van der Waals surface area contributed by atoms with Crippen molar-refractivity contribution in [3.05, 3.63) is 71.8 Å². The molecule has 0 radical (unpaired) electrons. The van der Waals surface area contributed by atoms with E-state index in [-0.39, 0.29) is 19.1 Å². The monoisotopic (exact) mass is 291 g/mol. The molecular formula is C17H16F3N. The number of rotatable bonds is 3. The molecule has 1 heterocycles. The molecule has 1 nitrogen and oxygen atoms in total. The summed E-state index contributed by atoms with van der Waals surface area (Å²) in [6.07, 6.45) is -4.09. The van der Waals surface area contributed by atoms with E-state index in [4.69, 9.17) is 0 Å². The molecule has 1 aliphatic rings. The van der Waals surface area contributed by atoms with E-state index < -0.39 is 12.1 Å². The van der Waals surface area contributed by atoms with Gasteiger partial charge in [0.15, 0.2) is 0 Å². The van der Waals surface area contributed by atoms with E-state index >= 15 is 0 Å². The van der Waals surface area contributed by atoms with Crippen molar-refractivity contribution in [3.63, 3.8) is 0 Å². The van der Waals surface area contributed by atoms with Gasteiger partial charge in [-0.2, -0.15) is 13.2 Å². The number of halogens is 3. The van der Waals surface area contributed by atoms with Gasteiger partial charge in [-0.1, -0.05) is 60.7 Å². The molecule has 2 aromatic carbocycles. The van der Waals surface area contributed by atoms with Gasteiger partial charge in [0.1, 0.15) is 0 Å². The molecule has 1 fully saturated rings. The van der Waals surface area contributed by atoms with Crippen LogP contribution in [0, 0.1) is 5.92 Å². The van der Waals surface area contributed by atoms with Gasteiger partial charge in [0.25, 0.3) is 0 Å². The van der Waals surface area contributed by atoms with Crippen LogP contribution < -0.4 is 0 Å². The first-order chi connectivity index (χ1) is 10.1. The Morgan fingerprint density at radius 3 is 1.62 bits per heavy atom. The summed E-state index contributed by atoms with van der Waals surface area (Å²) < 4.78 is 38.1. The van der Waals surface area contributed by atoms with E-state index in [1.807, 2.05) is 65.6 Å². The van der Waals surface area contributed by atoms with Gasteiger partial charge in [0.2, 0.25) is 0 Å². The first-order valence-corrected chi connectivity index (χ1v) is 6.96. The maximum atomic E-state index is 12.7. The van der Waals surface area contributed by atoms with Crippen molar-refractivity contribution in [2.45, 2.75) is 12.2 Å². The Morgan fingerprint density at radius 2 is 1.24 bits per heavy atom. The van der Waals surface area contributed by atoms with E-state index in [2.05, 4.69) is 0 Å². The largest absolute Gasteiger partial charge is 0.394 e. The van der Waals surface area contributed by atoms with Crippen LogP contribution in [0.2, 0.25) is 0 Å². The van der Waals surface area contributed by atoms with Gasteiger partial charge in [-0.05, 0) is 11.1 Å². The molecule has 0 aliphatic carbocycles. The van der Waals surface area contributed by atoms with E-state index in [1.54, 1.807) is 0 Å². The highest BCUT2D eigenvalue weighted by Crippen LogP contribution is 2.40. The maximum absolute atomic E-state index is 12.7. The Balaban J connectivity index is 1.86. The Hall–Kier alpha value is -1.81. The number of hydrogen-bond donors (Lipinski definition) is 0. The Kier molecular flexibility index (Phi) is 3.72. The first-order valence-electron chi connectivity index (χ1n) is 6.96. The van der Waals surface area contributed by atoms with E-state index in [1.165, 1.54) is 0 Å². The van der Waals surface area contributed by atoms with Crippen LogP contribution in [0.15, 0.2) is 60.7 Å². The zero-order valence-corrected chi connectivity index (χ0v) is 11.4. The zero-order valence-electron chi connectivity index (χ0n) is 11.4. The van der Waals surface area contributed by atoms with Crippen LogP contribution in [-0.2, 0) is 0 Å². The predicted molar refractivity (Wildman–Crippen MR) is 75.8 cm³/mol. The summed E-state index contributed by atoms with van der Waals surface area (Å²) in [6, 6.07) is 19.3. The molecule has 0 aromatic heterocycles. The summed E-state index contributed by atoms with van der Waals surface area (Å²) in [5, 5.41) is 0. The lowest BCUT2D eigenvalue weighted by Crippen LogP contribution is -2.54. The summed E-state index contributed by atoms with van der Waals surface area (Å²) >= 11 is 0. The minimum absolute atomic E-state index is 0.0674. The van der Waals surface area contributed by atoms with Crippen molar-refractivity contribution in [2.75, 3.05) is 13.1 Å². The highest BCUT2D eigenvalue weighted by Gasteiger charge is 2.49. The third-order valence-corrected chi connectivity index (χ3v) is 3.97. The minimum Gasteiger partial charge on any atom is -0.291 e. The summed E-state index contributed by atoms with van der Waals surface area (Å²) in [6.45, 7) is 0.135. The molecule has 0 unspecified atom stereocenters. The summed E-state index contributed by atoms with van der Waals surface area (Å²) in [7, 11) is 0. The van der Waals surface area contributed by atoms with E-state index in [0.29, 0.717) is 0 Å². The SMILES string of the molecule is FC(F)(F)C1CN(C(c2ccccc2)c2ccccc2)C1. The molecule has 1 aliphatic heterocycles. The molecule has 0 atom stereocenters. The Morgan fingerprint density at radius 1 is 0.810 bits per heavy atom. The van der Waals surface area contributed by atoms with Gasteiger partial charge < -0.3 is 0 Å². The average molecular weight is 291 g/mol. The van der Waals surface area contributed by atoms with E-state index in [9.17, 15) is 13.2 Å². The third-order valence-electron chi connectivity index (χ3n) is 3.97. The van der Waals surface area contributed by atoms with Crippen LogP contribution in [0.5, 0.6) is 0 Å². The number of hydrogen-bond acceptors (Lipinski definition) is 1. The quantitative estimate of drug-likeness (QED) is 0.816. The van der Waals surface area contributed by atoms with Crippen LogP contribution in [0.1, 0.15) is 17.2 Å². The van der Waals surface area contributed by atoms with Gasteiger partial charge in [0.05, 0.1) is 12.0 Å². The number of alkyl halides is 3. The smallest absolute Gasteiger partial charge is 0.291 e. The van der Waals surface area contributed by atoms with Crippen molar-refractivity contribution in [2.24, 2.45) is 5.92 Å². The van der Waals surface area contributed by atoms with Gasteiger partial charge in [-0.3, -0.25) is 4.90 Å². The van der Waals surface area contributed by atoms with Gasteiger partial charge >= 0.3 is 6.18 Å². The molecule has 0 bridgehead atoms. The molecule has 110 valence electrons. The number of benzene rings is 2. The van der Waals surface area contributed by atoms with Crippen LogP contribution >= 0.6 is 0 Å². The van der Waals surface area contributed by atoms with Gasteiger partial charge in [-0.25, -0.2) is 0 Å². The van der Waals surface area contributed by atoms with Gasteiger partial charge in [-0.15, -0.1) is 0 Å². The van der Waals surface area contributed by atoms with Gasteiger partial charge in [0, 0.05) is 13.1 Å². The van der Waals surface area contributed by atoms with Crippen molar-refractivity contribution < 1.29 is 13.2 Å². The molecule has 2 aromatic rings. The standard InChI is InChI=1S/C17H16F3N/c18-17(19,20)15-11-21(12-15)16(13-7-3-1-4-8-13)14-9-5-2-6-10-14/h1-10,15-16H,11-12H2. The van der Waals surface area contributed by atoms with Crippen LogP contribution in [0.25, 0.3) is 0 Å². The summed E-state index contributed by atoms with van der Waals surface area (Å²) in [5.41, 5.74) is 2.06. The normalized spacial score (nSPS) is 17.0.